The van der Waals surface area contributed by atoms with Crippen LogP contribution in [-0.4, -0.2) is 41.0 Å². The predicted octanol–water partition coefficient (Wildman–Crippen LogP) is 0.491. The zero-order valence-electron chi connectivity index (χ0n) is 10.3. The van der Waals surface area contributed by atoms with Gasteiger partial charge in [-0.15, -0.1) is 0 Å². The summed E-state index contributed by atoms with van der Waals surface area (Å²) < 4.78 is 11.6. The first-order valence-electron chi connectivity index (χ1n) is 5.64. The van der Waals surface area contributed by atoms with Crippen molar-refractivity contribution in [3.63, 3.8) is 0 Å². The van der Waals surface area contributed by atoms with Crippen LogP contribution in [0.4, 0.5) is 0 Å². The summed E-state index contributed by atoms with van der Waals surface area (Å²) in [5, 5.41) is 14.4. The Morgan fingerprint density at radius 1 is 1.68 bits per heavy atom. The van der Waals surface area contributed by atoms with Crippen LogP contribution in [-0.2, 0) is 14.3 Å². The van der Waals surface area contributed by atoms with Gasteiger partial charge in [-0.05, 0) is 6.07 Å². The van der Waals surface area contributed by atoms with Gasteiger partial charge in [0, 0.05) is 12.3 Å². The SMILES string of the molecule is COC(=O)C1COCC1n1ccc(/C=C/[N+](=O)[O-])n1. The fourth-order valence-electron chi connectivity index (χ4n) is 1.94. The number of esters is 1. The molecular weight excluding hydrogens is 254 g/mol. The maximum absolute atomic E-state index is 11.6. The largest absolute Gasteiger partial charge is 0.469 e. The van der Waals surface area contributed by atoms with Gasteiger partial charge >= 0.3 is 5.97 Å². The molecular formula is C11H13N3O5. The highest BCUT2D eigenvalue weighted by Gasteiger charge is 2.36. The summed E-state index contributed by atoms with van der Waals surface area (Å²) in [5.41, 5.74) is 0.451. The Bertz CT molecular complexity index is 510. The molecule has 0 spiro atoms. The number of ether oxygens (including phenoxy) is 2. The minimum absolute atomic E-state index is 0.245. The Morgan fingerprint density at radius 3 is 3.16 bits per heavy atom. The number of nitrogens with zero attached hydrogens (tertiary/aromatic N) is 3. The van der Waals surface area contributed by atoms with Crippen LogP contribution in [0.15, 0.2) is 18.5 Å². The molecule has 0 saturated carbocycles. The number of methoxy groups -OCH3 is 1. The summed E-state index contributed by atoms with van der Waals surface area (Å²) in [4.78, 5) is 21.2. The highest BCUT2D eigenvalue weighted by atomic mass is 16.6. The van der Waals surface area contributed by atoms with E-state index >= 15 is 0 Å². The molecule has 1 aliphatic heterocycles. The zero-order valence-corrected chi connectivity index (χ0v) is 10.3. The lowest BCUT2D eigenvalue weighted by Gasteiger charge is -2.15. The molecule has 1 fully saturated rings. The molecule has 2 unspecified atom stereocenters. The van der Waals surface area contributed by atoms with E-state index < -0.39 is 10.8 Å². The van der Waals surface area contributed by atoms with Crippen molar-refractivity contribution < 1.29 is 19.2 Å². The van der Waals surface area contributed by atoms with Gasteiger partial charge in [0.1, 0.15) is 5.92 Å². The van der Waals surface area contributed by atoms with Gasteiger partial charge < -0.3 is 9.47 Å². The van der Waals surface area contributed by atoms with Crippen molar-refractivity contribution in [2.45, 2.75) is 6.04 Å². The van der Waals surface area contributed by atoms with Crippen LogP contribution in [0.25, 0.3) is 6.08 Å². The minimum Gasteiger partial charge on any atom is -0.469 e. The first kappa shape index (κ1) is 13.2. The third kappa shape index (κ3) is 2.97. The molecule has 0 aromatic carbocycles. The molecule has 1 aliphatic rings. The Morgan fingerprint density at radius 2 is 2.47 bits per heavy atom. The normalized spacial score (nSPS) is 22.8. The van der Waals surface area contributed by atoms with E-state index in [1.165, 1.54) is 13.2 Å². The monoisotopic (exact) mass is 267 g/mol. The maximum atomic E-state index is 11.6. The molecule has 0 N–H and O–H groups in total. The Labute approximate surface area is 108 Å². The summed E-state index contributed by atoms with van der Waals surface area (Å²) in [6, 6.07) is 1.39. The number of nitro groups is 1. The van der Waals surface area contributed by atoms with Crippen LogP contribution in [0.1, 0.15) is 11.7 Å². The van der Waals surface area contributed by atoms with E-state index in [2.05, 4.69) is 5.10 Å². The molecule has 102 valence electrons. The van der Waals surface area contributed by atoms with Crippen molar-refractivity contribution in [3.8, 4) is 0 Å². The number of aromatic nitrogens is 2. The van der Waals surface area contributed by atoms with E-state index in [0.717, 1.165) is 6.20 Å². The lowest BCUT2D eigenvalue weighted by Crippen LogP contribution is -2.26. The van der Waals surface area contributed by atoms with Gasteiger partial charge in [0.25, 0.3) is 0 Å². The summed E-state index contributed by atoms with van der Waals surface area (Å²) >= 11 is 0. The lowest BCUT2D eigenvalue weighted by molar-refractivity contribution is -0.401. The number of hydrogen-bond donors (Lipinski definition) is 0. The zero-order chi connectivity index (χ0) is 13.8. The summed E-state index contributed by atoms with van der Waals surface area (Å²) in [6.45, 7) is 0.650. The average molecular weight is 267 g/mol. The molecule has 0 aliphatic carbocycles. The van der Waals surface area contributed by atoms with Crippen LogP contribution in [0.3, 0.4) is 0 Å². The fraction of sp³-hybridized carbons (Fsp3) is 0.455. The first-order chi connectivity index (χ1) is 9.11. The first-order valence-corrected chi connectivity index (χ1v) is 5.64. The number of rotatable bonds is 4. The second-order valence-corrected chi connectivity index (χ2v) is 4.06. The average Bonchev–Trinajstić information content (AvgIpc) is 3.03. The summed E-state index contributed by atoms with van der Waals surface area (Å²) in [7, 11) is 1.33. The van der Waals surface area contributed by atoms with E-state index in [1.807, 2.05) is 0 Å². The molecule has 0 bridgehead atoms. The van der Waals surface area contributed by atoms with Gasteiger partial charge in [0.15, 0.2) is 0 Å². The summed E-state index contributed by atoms with van der Waals surface area (Å²) in [6.07, 6.45) is 3.77. The lowest BCUT2D eigenvalue weighted by atomic mass is 10.0. The van der Waals surface area contributed by atoms with Crippen LogP contribution < -0.4 is 0 Å². The molecule has 1 saturated heterocycles. The van der Waals surface area contributed by atoms with E-state index in [1.54, 1.807) is 16.9 Å². The highest BCUT2D eigenvalue weighted by molar-refractivity contribution is 5.73. The van der Waals surface area contributed by atoms with E-state index in [0.29, 0.717) is 12.3 Å². The van der Waals surface area contributed by atoms with E-state index in [9.17, 15) is 14.9 Å². The summed E-state index contributed by atoms with van der Waals surface area (Å²) in [5.74, 6) is -0.752. The third-order valence-electron chi connectivity index (χ3n) is 2.89. The Balaban J connectivity index is 2.13. The molecule has 1 aromatic heterocycles. The van der Waals surface area contributed by atoms with Gasteiger partial charge in [-0.3, -0.25) is 19.6 Å². The van der Waals surface area contributed by atoms with Crippen LogP contribution in [0.2, 0.25) is 0 Å². The number of carbonyl (C=O) groups excluding carboxylic acids is 1. The number of carbonyl (C=O) groups is 1. The second kappa shape index (κ2) is 5.61. The molecule has 8 nitrogen and oxygen atoms in total. The maximum Gasteiger partial charge on any atom is 0.313 e. The Kier molecular flexibility index (Phi) is 3.91. The van der Waals surface area contributed by atoms with Gasteiger partial charge in [0.2, 0.25) is 6.20 Å². The van der Waals surface area contributed by atoms with E-state index in [-0.39, 0.29) is 18.6 Å². The molecule has 0 amide bonds. The molecule has 8 heteroatoms. The van der Waals surface area contributed by atoms with E-state index in [4.69, 9.17) is 9.47 Å². The molecule has 1 aromatic rings. The molecule has 2 rings (SSSR count). The standard InChI is InChI=1S/C11H13N3O5/c1-18-11(15)9-6-19-7-10(9)13-4-2-8(12-13)3-5-14(16)17/h2-5,9-10H,6-7H2,1H3/b5-3+. The van der Waals surface area contributed by atoms with Crippen LogP contribution >= 0.6 is 0 Å². The topological polar surface area (TPSA) is 96.5 Å². The molecule has 19 heavy (non-hydrogen) atoms. The van der Waals surface area contributed by atoms with Gasteiger partial charge in [-0.1, -0.05) is 0 Å². The van der Waals surface area contributed by atoms with Gasteiger partial charge in [-0.2, -0.15) is 5.10 Å². The van der Waals surface area contributed by atoms with Crippen molar-refractivity contribution in [2.24, 2.45) is 5.92 Å². The van der Waals surface area contributed by atoms with Crippen molar-refractivity contribution in [3.05, 3.63) is 34.3 Å². The quantitative estimate of drug-likeness (QED) is 0.447. The Hall–Kier alpha value is -2.22. The van der Waals surface area contributed by atoms with Crippen molar-refractivity contribution in [1.29, 1.82) is 0 Å². The van der Waals surface area contributed by atoms with Crippen molar-refractivity contribution in [1.82, 2.24) is 9.78 Å². The third-order valence-corrected chi connectivity index (χ3v) is 2.89. The van der Waals surface area contributed by atoms with Gasteiger partial charge in [0.05, 0.1) is 37.0 Å². The van der Waals surface area contributed by atoms with Crippen LogP contribution in [0.5, 0.6) is 0 Å². The number of hydrogen-bond acceptors (Lipinski definition) is 6. The van der Waals surface area contributed by atoms with Gasteiger partial charge in [-0.25, -0.2) is 0 Å². The van der Waals surface area contributed by atoms with Crippen molar-refractivity contribution >= 4 is 12.0 Å². The van der Waals surface area contributed by atoms with Crippen molar-refractivity contribution in [2.75, 3.05) is 20.3 Å². The highest BCUT2D eigenvalue weighted by Crippen LogP contribution is 2.26. The van der Waals surface area contributed by atoms with Crippen LogP contribution in [0, 0.1) is 16.0 Å². The minimum atomic E-state index is -0.561. The fourth-order valence-corrected chi connectivity index (χ4v) is 1.94. The smallest absolute Gasteiger partial charge is 0.313 e. The molecule has 2 atom stereocenters. The molecule has 0 radical (unpaired) electrons. The predicted molar refractivity (Wildman–Crippen MR) is 63.6 cm³/mol. The molecule has 2 heterocycles. The second-order valence-electron chi connectivity index (χ2n) is 4.06.